The lowest BCUT2D eigenvalue weighted by Gasteiger charge is -2.12. The van der Waals surface area contributed by atoms with Crippen molar-refractivity contribution in [2.45, 2.75) is 11.8 Å². The lowest BCUT2D eigenvalue weighted by molar-refractivity contribution is 0.414. The van der Waals surface area contributed by atoms with Gasteiger partial charge >= 0.3 is 0 Å². The molecule has 2 aromatic rings. The van der Waals surface area contributed by atoms with Crippen LogP contribution < -0.4 is 4.74 Å². The van der Waals surface area contributed by atoms with Gasteiger partial charge in [0.25, 0.3) is 0 Å². The molecule has 1 atom stereocenters. The van der Waals surface area contributed by atoms with Gasteiger partial charge in [-0.3, -0.25) is 0 Å². The van der Waals surface area contributed by atoms with E-state index in [1.807, 2.05) is 24.3 Å². The van der Waals surface area contributed by atoms with Crippen LogP contribution >= 0.6 is 15.9 Å². The Bertz CT molecular complexity index is 463. The van der Waals surface area contributed by atoms with Gasteiger partial charge in [0.2, 0.25) is 0 Å². The Hall–Kier alpha value is -1.22. The SMILES string of the molecule is COc1ccc(C(Br)c2ccco2)c(C)c1. The minimum absolute atomic E-state index is 0.0911. The maximum absolute atomic E-state index is 5.38. The summed E-state index contributed by atoms with van der Waals surface area (Å²) < 4.78 is 10.6. The Morgan fingerprint density at radius 1 is 1.31 bits per heavy atom. The number of halogens is 1. The van der Waals surface area contributed by atoms with Crippen molar-refractivity contribution in [3.05, 3.63) is 53.5 Å². The molecule has 0 amide bonds. The summed E-state index contributed by atoms with van der Waals surface area (Å²) in [5.74, 6) is 1.79. The Balaban J connectivity index is 2.34. The summed E-state index contributed by atoms with van der Waals surface area (Å²) in [7, 11) is 1.67. The fourth-order valence-electron chi connectivity index (χ4n) is 1.65. The van der Waals surface area contributed by atoms with E-state index >= 15 is 0 Å². The Kier molecular flexibility index (Phi) is 3.34. The zero-order chi connectivity index (χ0) is 11.5. The monoisotopic (exact) mass is 280 g/mol. The summed E-state index contributed by atoms with van der Waals surface area (Å²) in [6, 6.07) is 9.88. The molecule has 0 aliphatic heterocycles. The second kappa shape index (κ2) is 4.74. The van der Waals surface area contributed by atoms with Crippen molar-refractivity contribution in [2.24, 2.45) is 0 Å². The summed E-state index contributed by atoms with van der Waals surface area (Å²) in [6.07, 6.45) is 1.68. The van der Waals surface area contributed by atoms with E-state index in [9.17, 15) is 0 Å². The van der Waals surface area contributed by atoms with Gasteiger partial charge in [-0.25, -0.2) is 0 Å². The molecule has 84 valence electrons. The summed E-state index contributed by atoms with van der Waals surface area (Å²) in [5, 5.41) is 0. The number of benzene rings is 1. The quantitative estimate of drug-likeness (QED) is 0.791. The molecule has 3 heteroatoms. The lowest BCUT2D eigenvalue weighted by atomic mass is 10.0. The molecule has 2 rings (SSSR count). The topological polar surface area (TPSA) is 22.4 Å². The zero-order valence-corrected chi connectivity index (χ0v) is 10.8. The van der Waals surface area contributed by atoms with Crippen molar-refractivity contribution in [1.29, 1.82) is 0 Å². The van der Waals surface area contributed by atoms with Crippen LogP contribution in [0.3, 0.4) is 0 Å². The molecule has 2 nitrogen and oxygen atoms in total. The third-order valence-corrected chi connectivity index (χ3v) is 3.49. The molecule has 0 aliphatic rings. The number of hydrogen-bond acceptors (Lipinski definition) is 2. The Labute approximate surface area is 103 Å². The second-order valence-electron chi connectivity index (χ2n) is 3.60. The van der Waals surface area contributed by atoms with E-state index in [1.165, 1.54) is 11.1 Å². The van der Waals surface area contributed by atoms with E-state index in [2.05, 4.69) is 28.9 Å². The van der Waals surface area contributed by atoms with Crippen LogP contribution in [-0.2, 0) is 0 Å². The van der Waals surface area contributed by atoms with E-state index in [0.29, 0.717) is 0 Å². The molecule has 1 aromatic carbocycles. The molecule has 0 fully saturated rings. The normalized spacial score (nSPS) is 12.4. The fourth-order valence-corrected chi connectivity index (χ4v) is 2.42. The number of ether oxygens (including phenoxy) is 1. The lowest BCUT2D eigenvalue weighted by Crippen LogP contribution is -1.95. The van der Waals surface area contributed by atoms with Crippen LogP contribution in [0.2, 0.25) is 0 Å². The standard InChI is InChI=1S/C13H13BrO2/c1-9-8-10(15-2)5-6-11(9)13(14)12-4-3-7-16-12/h3-8,13H,1-2H3. The average Bonchev–Trinajstić information content (AvgIpc) is 2.81. The molecule has 0 spiro atoms. The third kappa shape index (κ3) is 2.14. The summed E-state index contributed by atoms with van der Waals surface area (Å²) in [6.45, 7) is 2.06. The fraction of sp³-hybridized carbons (Fsp3) is 0.231. The Morgan fingerprint density at radius 2 is 2.12 bits per heavy atom. The van der Waals surface area contributed by atoms with Gasteiger partial charge in [0.05, 0.1) is 18.2 Å². The number of aryl methyl sites for hydroxylation is 1. The van der Waals surface area contributed by atoms with Crippen molar-refractivity contribution >= 4 is 15.9 Å². The van der Waals surface area contributed by atoms with Gasteiger partial charge in [0, 0.05) is 0 Å². The van der Waals surface area contributed by atoms with Crippen molar-refractivity contribution in [3.63, 3.8) is 0 Å². The summed E-state index contributed by atoms with van der Waals surface area (Å²) in [5.41, 5.74) is 2.37. The largest absolute Gasteiger partial charge is 0.497 e. The zero-order valence-electron chi connectivity index (χ0n) is 9.24. The number of hydrogen-bond donors (Lipinski definition) is 0. The van der Waals surface area contributed by atoms with Crippen LogP contribution in [0.25, 0.3) is 0 Å². The van der Waals surface area contributed by atoms with E-state index in [-0.39, 0.29) is 4.83 Å². The highest BCUT2D eigenvalue weighted by molar-refractivity contribution is 9.09. The van der Waals surface area contributed by atoms with Crippen molar-refractivity contribution in [1.82, 2.24) is 0 Å². The molecule has 0 radical (unpaired) electrons. The molecule has 1 unspecified atom stereocenters. The first-order valence-electron chi connectivity index (χ1n) is 5.04. The van der Waals surface area contributed by atoms with Gasteiger partial charge in [-0.2, -0.15) is 0 Å². The number of methoxy groups -OCH3 is 1. The summed E-state index contributed by atoms with van der Waals surface area (Å²) >= 11 is 3.64. The molecular formula is C13H13BrO2. The first kappa shape index (κ1) is 11.3. The van der Waals surface area contributed by atoms with Crippen LogP contribution in [-0.4, -0.2) is 7.11 Å². The molecule has 0 aliphatic carbocycles. The number of furan rings is 1. The number of rotatable bonds is 3. The third-order valence-electron chi connectivity index (χ3n) is 2.54. The predicted octanol–water partition coefficient (Wildman–Crippen LogP) is 4.08. The Morgan fingerprint density at radius 3 is 2.69 bits per heavy atom. The van der Waals surface area contributed by atoms with Gasteiger partial charge in [-0.05, 0) is 42.3 Å². The predicted molar refractivity (Wildman–Crippen MR) is 67.2 cm³/mol. The highest BCUT2D eigenvalue weighted by atomic mass is 79.9. The van der Waals surface area contributed by atoms with Crippen LogP contribution in [0.4, 0.5) is 0 Å². The first-order chi connectivity index (χ1) is 7.72. The van der Waals surface area contributed by atoms with Crippen molar-refractivity contribution < 1.29 is 9.15 Å². The van der Waals surface area contributed by atoms with Gasteiger partial charge in [-0.15, -0.1) is 0 Å². The molecule has 0 N–H and O–H groups in total. The van der Waals surface area contributed by atoms with Crippen LogP contribution in [0.5, 0.6) is 5.75 Å². The summed E-state index contributed by atoms with van der Waals surface area (Å²) in [4.78, 5) is 0.0911. The first-order valence-corrected chi connectivity index (χ1v) is 5.96. The smallest absolute Gasteiger partial charge is 0.121 e. The van der Waals surface area contributed by atoms with E-state index in [0.717, 1.165) is 11.5 Å². The minimum atomic E-state index is 0.0911. The van der Waals surface area contributed by atoms with Gasteiger partial charge in [0.15, 0.2) is 0 Å². The molecular weight excluding hydrogens is 268 g/mol. The minimum Gasteiger partial charge on any atom is -0.497 e. The molecule has 1 heterocycles. The maximum Gasteiger partial charge on any atom is 0.121 e. The molecule has 0 bridgehead atoms. The highest BCUT2D eigenvalue weighted by Gasteiger charge is 2.15. The van der Waals surface area contributed by atoms with Crippen molar-refractivity contribution in [3.8, 4) is 5.75 Å². The van der Waals surface area contributed by atoms with E-state index in [1.54, 1.807) is 13.4 Å². The second-order valence-corrected chi connectivity index (χ2v) is 4.52. The average molecular weight is 281 g/mol. The van der Waals surface area contributed by atoms with Crippen LogP contribution in [0.1, 0.15) is 21.7 Å². The molecule has 0 saturated carbocycles. The number of alkyl halides is 1. The van der Waals surface area contributed by atoms with E-state index in [4.69, 9.17) is 9.15 Å². The van der Waals surface area contributed by atoms with Crippen molar-refractivity contribution in [2.75, 3.05) is 7.11 Å². The van der Waals surface area contributed by atoms with E-state index < -0.39 is 0 Å². The molecule has 0 saturated heterocycles. The van der Waals surface area contributed by atoms with Gasteiger partial charge in [0.1, 0.15) is 11.5 Å². The molecule has 1 aromatic heterocycles. The van der Waals surface area contributed by atoms with Crippen LogP contribution in [0, 0.1) is 6.92 Å². The van der Waals surface area contributed by atoms with Gasteiger partial charge in [-0.1, -0.05) is 22.0 Å². The highest BCUT2D eigenvalue weighted by Crippen LogP contribution is 2.34. The van der Waals surface area contributed by atoms with Crippen LogP contribution in [0.15, 0.2) is 41.0 Å². The maximum atomic E-state index is 5.38. The van der Waals surface area contributed by atoms with Gasteiger partial charge < -0.3 is 9.15 Å². The molecule has 16 heavy (non-hydrogen) atoms.